The van der Waals surface area contributed by atoms with Gasteiger partial charge in [0.25, 0.3) is 5.91 Å². The molecule has 19 heavy (non-hydrogen) atoms. The monoisotopic (exact) mass is 278 g/mol. The van der Waals surface area contributed by atoms with Crippen molar-refractivity contribution >= 4 is 17.5 Å². The molecule has 1 heterocycles. The smallest absolute Gasteiger partial charge is 0.268 e. The Morgan fingerprint density at radius 2 is 2.11 bits per heavy atom. The fraction of sp³-hybridized carbons (Fsp3) is 0.214. The van der Waals surface area contributed by atoms with E-state index in [-0.39, 0.29) is 12.5 Å². The molecule has 0 aliphatic rings. The molecule has 2 rings (SSSR count). The first kappa shape index (κ1) is 13.6. The molecule has 1 aromatic heterocycles. The van der Waals surface area contributed by atoms with Crippen LogP contribution in [0.3, 0.4) is 0 Å². The lowest BCUT2D eigenvalue weighted by Gasteiger charge is -2.16. The summed E-state index contributed by atoms with van der Waals surface area (Å²) in [6, 6.07) is 10.5. The summed E-state index contributed by atoms with van der Waals surface area (Å²) in [4.78, 5) is 12.1. The number of amides is 1. The first-order chi connectivity index (χ1) is 9.11. The van der Waals surface area contributed by atoms with Crippen molar-refractivity contribution in [2.75, 3.05) is 6.61 Å². The Bertz CT molecular complexity index is 566. The molecule has 5 heteroatoms. The van der Waals surface area contributed by atoms with Crippen molar-refractivity contribution < 1.29 is 9.90 Å². The molecule has 1 aromatic carbocycles. The number of aryl methyl sites for hydroxylation is 1. The van der Waals surface area contributed by atoms with Crippen molar-refractivity contribution in [1.29, 1.82) is 0 Å². The van der Waals surface area contributed by atoms with E-state index in [2.05, 4.69) is 5.32 Å². The number of aliphatic hydroxyl groups excluding tert-OH is 1. The molecule has 1 amide bonds. The Morgan fingerprint density at radius 3 is 2.63 bits per heavy atom. The van der Waals surface area contributed by atoms with Gasteiger partial charge in [0.05, 0.1) is 17.7 Å². The quantitative estimate of drug-likeness (QED) is 0.900. The van der Waals surface area contributed by atoms with Crippen LogP contribution in [-0.4, -0.2) is 22.2 Å². The number of hydrogen-bond donors (Lipinski definition) is 2. The Kier molecular flexibility index (Phi) is 4.24. The second-order valence-electron chi connectivity index (χ2n) is 4.27. The summed E-state index contributed by atoms with van der Waals surface area (Å²) in [5.74, 6) is -0.266. The highest BCUT2D eigenvalue weighted by atomic mass is 35.5. The van der Waals surface area contributed by atoms with E-state index in [1.54, 1.807) is 23.9 Å². The van der Waals surface area contributed by atoms with Crippen molar-refractivity contribution in [3.63, 3.8) is 0 Å². The van der Waals surface area contributed by atoms with Crippen LogP contribution < -0.4 is 5.32 Å². The Hall–Kier alpha value is -1.78. The van der Waals surface area contributed by atoms with Crippen molar-refractivity contribution in [3.8, 4) is 0 Å². The third-order valence-electron chi connectivity index (χ3n) is 2.89. The molecule has 0 bridgehead atoms. The van der Waals surface area contributed by atoms with Gasteiger partial charge in [-0.2, -0.15) is 0 Å². The molecule has 100 valence electrons. The number of carbonyl (C=O) groups is 1. The van der Waals surface area contributed by atoms with Gasteiger partial charge in [0.15, 0.2) is 0 Å². The summed E-state index contributed by atoms with van der Waals surface area (Å²) in [6.45, 7) is -0.159. The molecule has 0 saturated carbocycles. The standard InChI is InChI=1S/C14H15ClN2O2/c1-17-8-11(15)7-13(17)14(19)16-12(9-18)10-5-3-2-4-6-10/h2-8,12,18H,9H2,1H3,(H,16,19)/t12-/m0/s1. The average Bonchev–Trinajstić information content (AvgIpc) is 2.76. The summed E-state index contributed by atoms with van der Waals surface area (Å²) in [6.07, 6.45) is 1.66. The number of benzene rings is 1. The van der Waals surface area contributed by atoms with Crippen LogP contribution in [0.5, 0.6) is 0 Å². The first-order valence-electron chi connectivity index (χ1n) is 5.90. The van der Waals surface area contributed by atoms with Crippen LogP contribution in [-0.2, 0) is 7.05 Å². The van der Waals surface area contributed by atoms with E-state index in [1.807, 2.05) is 30.3 Å². The van der Waals surface area contributed by atoms with Crippen molar-refractivity contribution in [2.45, 2.75) is 6.04 Å². The van der Waals surface area contributed by atoms with Gasteiger partial charge in [0.2, 0.25) is 0 Å². The van der Waals surface area contributed by atoms with E-state index in [9.17, 15) is 9.90 Å². The lowest BCUT2D eigenvalue weighted by atomic mass is 10.1. The molecule has 0 unspecified atom stereocenters. The van der Waals surface area contributed by atoms with Gasteiger partial charge in [0.1, 0.15) is 5.69 Å². The third kappa shape index (κ3) is 3.16. The topological polar surface area (TPSA) is 54.3 Å². The van der Waals surface area contributed by atoms with Gasteiger partial charge in [-0.25, -0.2) is 0 Å². The molecule has 2 N–H and O–H groups in total. The SMILES string of the molecule is Cn1cc(Cl)cc1C(=O)N[C@@H](CO)c1ccccc1. The maximum atomic E-state index is 12.1. The lowest BCUT2D eigenvalue weighted by Crippen LogP contribution is -2.31. The minimum absolute atomic E-state index is 0.159. The molecule has 0 saturated heterocycles. The molecular formula is C14H15ClN2O2. The highest BCUT2D eigenvalue weighted by molar-refractivity contribution is 6.31. The van der Waals surface area contributed by atoms with E-state index >= 15 is 0 Å². The van der Waals surface area contributed by atoms with E-state index in [4.69, 9.17) is 11.6 Å². The molecule has 2 aromatic rings. The Morgan fingerprint density at radius 1 is 1.42 bits per heavy atom. The van der Waals surface area contributed by atoms with Crippen molar-refractivity contribution in [3.05, 3.63) is 58.9 Å². The van der Waals surface area contributed by atoms with Gasteiger partial charge in [-0.3, -0.25) is 4.79 Å². The molecule has 0 aliphatic carbocycles. The average molecular weight is 279 g/mol. The minimum Gasteiger partial charge on any atom is -0.394 e. The summed E-state index contributed by atoms with van der Waals surface area (Å²) in [7, 11) is 1.75. The number of aromatic nitrogens is 1. The normalized spacial score (nSPS) is 12.2. The van der Waals surface area contributed by atoms with Crippen molar-refractivity contribution in [1.82, 2.24) is 9.88 Å². The zero-order valence-electron chi connectivity index (χ0n) is 10.5. The van der Waals surface area contributed by atoms with Crippen LogP contribution in [0.15, 0.2) is 42.6 Å². The summed E-state index contributed by atoms with van der Waals surface area (Å²) < 4.78 is 1.65. The van der Waals surface area contributed by atoms with Crippen LogP contribution in [0.1, 0.15) is 22.1 Å². The number of carbonyl (C=O) groups excluding carboxylic acids is 1. The molecule has 0 radical (unpaired) electrons. The van der Waals surface area contributed by atoms with Gasteiger partial charge in [0, 0.05) is 13.2 Å². The predicted octanol–water partition coefficient (Wildman–Crippen LogP) is 2.14. The fourth-order valence-corrected chi connectivity index (χ4v) is 2.15. The summed E-state index contributed by atoms with van der Waals surface area (Å²) in [5, 5.41) is 12.7. The van der Waals surface area contributed by atoms with Crippen LogP contribution in [0.4, 0.5) is 0 Å². The Labute approximate surface area is 116 Å². The van der Waals surface area contributed by atoms with Gasteiger partial charge >= 0.3 is 0 Å². The molecular weight excluding hydrogens is 264 g/mol. The molecule has 4 nitrogen and oxygen atoms in total. The number of rotatable bonds is 4. The van der Waals surface area contributed by atoms with E-state index < -0.39 is 6.04 Å². The van der Waals surface area contributed by atoms with Gasteiger partial charge in [-0.15, -0.1) is 0 Å². The minimum atomic E-state index is -0.428. The molecule has 0 spiro atoms. The predicted molar refractivity (Wildman–Crippen MR) is 74.2 cm³/mol. The van der Waals surface area contributed by atoms with E-state index in [0.717, 1.165) is 5.56 Å². The highest BCUT2D eigenvalue weighted by Gasteiger charge is 2.17. The second kappa shape index (κ2) is 5.91. The molecule has 0 fully saturated rings. The van der Waals surface area contributed by atoms with Crippen LogP contribution in [0.2, 0.25) is 5.02 Å². The molecule has 1 atom stereocenters. The number of aliphatic hydroxyl groups is 1. The first-order valence-corrected chi connectivity index (χ1v) is 6.28. The van der Waals surface area contributed by atoms with Gasteiger partial charge in [-0.05, 0) is 11.6 Å². The number of hydrogen-bond acceptors (Lipinski definition) is 2. The highest BCUT2D eigenvalue weighted by Crippen LogP contribution is 2.16. The molecule has 0 aliphatic heterocycles. The second-order valence-corrected chi connectivity index (χ2v) is 4.71. The Balaban J connectivity index is 2.15. The fourth-order valence-electron chi connectivity index (χ4n) is 1.90. The van der Waals surface area contributed by atoms with Crippen molar-refractivity contribution in [2.24, 2.45) is 7.05 Å². The third-order valence-corrected chi connectivity index (χ3v) is 3.10. The maximum absolute atomic E-state index is 12.1. The van der Waals surface area contributed by atoms with Gasteiger partial charge < -0.3 is 15.0 Å². The lowest BCUT2D eigenvalue weighted by molar-refractivity contribution is 0.0908. The van der Waals surface area contributed by atoms with E-state index in [0.29, 0.717) is 10.7 Å². The largest absolute Gasteiger partial charge is 0.394 e. The van der Waals surface area contributed by atoms with Crippen LogP contribution in [0.25, 0.3) is 0 Å². The van der Waals surface area contributed by atoms with Crippen LogP contribution in [0, 0.1) is 0 Å². The zero-order chi connectivity index (χ0) is 13.8. The zero-order valence-corrected chi connectivity index (χ0v) is 11.3. The van der Waals surface area contributed by atoms with Gasteiger partial charge in [-0.1, -0.05) is 41.9 Å². The number of nitrogens with one attached hydrogen (secondary N) is 1. The number of nitrogens with zero attached hydrogens (tertiary/aromatic N) is 1. The maximum Gasteiger partial charge on any atom is 0.268 e. The number of halogens is 1. The van der Waals surface area contributed by atoms with E-state index in [1.165, 1.54) is 0 Å². The van der Waals surface area contributed by atoms with Crippen LogP contribution >= 0.6 is 11.6 Å². The summed E-state index contributed by atoms with van der Waals surface area (Å²) in [5.41, 5.74) is 1.32. The summed E-state index contributed by atoms with van der Waals surface area (Å²) >= 11 is 5.85.